The number of hydrogen-bond acceptors (Lipinski definition) is 5. The Morgan fingerprint density at radius 1 is 0.900 bits per heavy atom. The molecule has 7 nitrogen and oxygen atoms in total. The molecule has 0 unspecified atom stereocenters. The minimum Gasteiger partial charge on any atom is -0.496 e. The van der Waals surface area contributed by atoms with E-state index < -0.39 is 0 Å². The standard InChI is InChI=1S/C33H47N3O4/c1-4-5-6-20-40-32-22-29(14-15-30(32)38-2)36-18-7-17-35(33(36)37)24-27-11-8-25(21-31(27)39-3)16-19-34-23-26-9-12-28(34)13-10-26/h8,11,14-15,21-22,26,28H,4-7,9-10,12-13,16-20,23-24H2,1-3H3. The number of anilines is 1. The highest BCUT2D eigenvalue weighted by atomic mass is 16.5. The molecule has 0 radical (unpaired) electrons. The summed E-state index contributed by atoms with van der Waals surface area (Å²) < 4.78 is 17.4. The molecular formula is C33H47N3O4. The lowest BCUT2D eigenvalue weighted by atomic mass is 9.80. The molecule has 4 fully saturated rings. The number of carbonyl (C=O) groups excluding carboxylic acids is 1. The first-order chi connectivity index (χ1) is 19.6. The topological polar surface area (TPSA) is 54.5 Å². The van der Waals surface area contributed by atoms with Crippen LogP contribution in [0.1, 0.15) is 69.4 Å². The van der Waals surface area contributed by atoms with Gasteiger partial charge in [-0.05, 0) is 74.6 Å². The highest BCUT2D eigenvalue weighted by Crippen LogP contribution is 2.36. The third kappa shape index (κ3) is 6.68. The summed E-state index contributed by atoms with van der Waals surface area (Å²) in [6.07, 6.45) is 10.8. The summed E-state index contributed by atoms with van der Waals surface area (Å²) in [4.78, 5) is 20.1. The largest absolute Gasteiger partial charge is 0.496 e. The van der Waals surface area contributed by atoms with Crippen LogP contribution in [0.5, 0.6) is 17.2 Å². The first-order valence-corrected chi connectivity index (χ1v) is 15.4. The van der Waals surface area contributed by atoms with E-state index in [9.17, 15) is 4.79 Å². The van der Waals surface area contributed by atoms with Gasteiger partial charge in [-0.25, -0.2) is 4.79 Å². The van der Waals surface area contributed by atoms with Crippen LogP contribution in [0.2, 0.25) is 0 Å². The molecule has 3 heterocycles. The minimum absolute atomic E-state index is 0.0135. The predicted octanol–water partition coefficient (Wildman–Crippen LogP) is 6.52. The normalized spacial score (nSPS) is 21.1. The van der Waals surface area contributed by atoms with E-state index in [4.69, 9.17) is 14.2 Å². The van der Waals surface area contributed by atoms with Crippen molar-refractivity contribution in [2.24, 2.45) is 5.92 Å². The molecule has 3 aliphatic heterocycles. The third-order valence-corrected chi connectivity index (χ3v) is 9.00. The van der Waals surface area contributed by atoms with Gasteiger partial charge in [-0.15, -0.1) is 0 Å². The number of methoxy groups -OCH3 is 2. The average Bonchev–Trinajstić information content (AvgIpc) is 3.00. The van der Waals surface area contributed by atoms with Gasteiger partial charge in [0.2, 0.25) is 0 Å². The van der Waals surface area contributed by atoms with Crippen molar-refractivity contribution in [1.82, 2.24) is 9.80 Å². The quantitative estimate of drug-likeness (QED) is 0.266. The van der Waals surface area contributed by atoms with E-state index in [0.717, 1.165) is 74.2 Å². The Hall–Kier alpha value is -2.93. The maximum absolute atomic E-state index is 13.6. The lowest BCUT2D eigenvalue weighted by Crippen LogP contribution is -2.49. The van der Waals surface area contributed by atoms with E-state index >= 15 is 0 Å². The van der Waals surface area contributed by atoms with Gasteiger partial charge >= 0.3 is 6.03 Å². The van der Waals surface area contributed by atoms with E-state index in [0.29, 0.717) is 31.2 Å². The monoisotopic (exact) mass is 549 g/mol. The van der Waals surface area contributed by atoms with E-state index in [1.54, 1.807) is 14.2 Å². The van der Waals surface area contributed by atoms with Crippen LogP contribution in [-0.4, -0.2) is 68.9 Å². The van der Waals surface area contributed by atoms with Crippen LogP contribution in [0.25, 0.3) is 0 Å². The molecule has 2 bridgehead atoms. The highest BCUT2D eigenvalue weighted by Gasteiger charge is 2.33. The Labute approximate surface area is 240 Å². The molecule has 2 aromatic carbocycles. The first-order valence-electron chi connectivity index (χ1n) is 15.4. The summed E-state index contributed by atoms with van der Waals surface area (Å²) in [6.45, 7) is 7.16. The molecule has 6 rings (SSSR count). The van der Waals surface area contributed by atoms with Crippen LogP contribution >= 0.6 is 0 Å². The van der Waals surface area contributed by atoms with Crippen LogP contribution < -0.4 is 19.1 Å². The maximum Gasteiger partial charge on any atom is 0.324 e. The Bertz CT molecular complexity index is 1130. The Balaban J connectivity index is 1.22. The second kappa shape index (κ2) is 13.6. The van der Waals surface area contributed by atoms with Crippen LogP contribution in [-0.2, 0) is 13.0 Å². The first kappa shape index (κ1) is 28.6. The fraction of sp³-hybridized carbons (Fsp3) is 0.606. The Kier molecular flexibility index (Phi) is 9.74. The summed E-state index contributed by atoms with van der Waals surface area (Å²) in [5.41, 5.74) is 3.20. The van der Waals surface area contributed by atoms with Crippen molar-refractivity contribution in [3.63, 3.8) is 0 Å². The van der Waals surface area contributed by atoms with Crippen molar-refractivity contribution < 1.29 is 19.0 Å². The van der Waals surface area contributed by atoms with Crippen LogP contribution in [0.3, 0.4) is 0 Å². The average molecular weight is 550 g/mol. The number of benzene rings is 2. The summed E-state index contributed by atoms with van der Waals surface area (Å²) in [6, 6.07) is 13.1. The van der Waals surface area contributed by atoms with E-state index in [-0.39, 0.29) is 6.03 Å². The molecule has 0 aromatic heterocycles. The minimum atomic E-state index is 0.0135. The summed E-state index contributed by atoms with van der Waals surface area (Å²) in [7, 11) is 3.38. The molecule has 2 aromatic rings. The summed E-state index contributed by atoms with van der Waals surface area (Å²) in [5, 5.41) is 0. The number of amides is 2. The number of rotatable bonds is 13. The van der Waals surface area contributed by atoms with Gasteiger partial charge in [0.25, 0.3) is 0 Å². The third-order valence-electron chi connectivity index (χ3n) is 9.00. The zero-order valence-corrected chi connectivity index (χ0v) is 24.7. The molecule has 0 atom stereocenters. The van der Waals surface area contributed by atoms with Gasteiger partial charge in [0.1, 0.15) is 5.75 Å². The zero-order chi connectivity index (χ0) is 27.9. The van der Waals surface area contributed by atoms with E-state index in [1.165, 1.54) is 37.8 Å². The Morgan fingerprint density at radius 3 is 2.45 bits per heavy atom. The molecule has 4 aliphatic rings. The number of unbranched alkanes of at least 4 members (excludes halogenated alkanes) is 2. The molecule has 2 amide bonds. The van der Waals surface area contributed by atoms with Gasteiger partial charge in [0.15, 0.2) is 11.5 Å². The van der Waals surface area contributed by atoms with E-state index in [2.05, 4.69) is 30.0 Å². The summed E-state index contributed by atoms with van der Waals surface area (Å²) in [5.74, 6) is 3.16. The van der Waals surface area contributed by atoms with Crippen molar-refractivity contribution in [1.29, 1.82) is 0 Å². The lowest BCUT2D eigenvalue weighted by Gasteiger charge is -2.45. The van der Waals surface area contributed by atoms with Crippen molar-refractivity contribution in [2.75, 3.05) is 51.9 Å². The van der Waals surface area contributed by atoms with Crippen molar-refractivity contribution >= 4 is 11.7 Å². The fourth-order valence-corrected chi connectivity index (χ4v) is 6.65. The second-order valence-electron chi connectivity index (χ2n) is 11.7. The maximum atomic E-state index is 13.6. The number of piperidine rings is 2. The molecule has 218 valence electrons. The lowest BCUT2D eigenvalue weighted by molar-refractivity contribution is 0.0501. The molecule has 1 aliphatic carbocycles. The molecular weight excluding hydrogens is 502 g/mol. The van der Waals surface area contributed by atoms with E-state index in [1.807, 2.05) is 28.0 Å². The number of urea groups is 1. The second-order valence-corrected chi connectivity index (χ2v) is 11.7. The number of fused-ring (bicyclic) bond motifs is 3. The van der Waals surface area contributed by atoms with Gasteiger partial charge < -0.3 is 19.1 Å². The highest BCUT2D eigenvalue weighted by molar-refractivity contribution is 5.93. The van der Waals surface area contributed by atoms with Gasteiger partial charge in [-0.3, -0.25) is 9.80 Å². The molecule has 3 saturated heterocycles. The molecule has 1 saturated carbocycles. The number of nitrogens with zero attached hydrogens (tertiary/aromatic N) is 3. The van der Waals surface area contributed by atoms with Crippen molar-refractivity contribution in [2.45, 2.75) is 77.3 Å². The van der Waals surface area contributed by atoms with Gasteiger partial charge in [-0.1, -0.05) is 31.9 Å². The molecule has 0 spiro atoms. The number of hydrogen-bond donors (Lipinski definition) is 0. The zero-order valence-electron chi connectivity index (χ0n) is 24.7. The fourth-order valence-electron chi connectivity index (χ4n) is 6.65. The molecule has 7 heteroatoms. The molecule has 0 N–H and O–H groups in total. The van der Waals surface area contributed by atoms with Gasteiger partial charge in [0, 0.05) is 49.5 Å². The number of carbonyl (C=O) groups is 1. The molecule has 40 heavy (non-hydrogen) atoms. The summed E-state index contributed by atoms with van der Waals surface area (Å²) >= 11 is 0. The predicted molar refractivity (Wildman–Crippen MR) is 160 cm³/mol. The van der Waals surface area contributed by atoms with Crippen LogP contribution in [0, 0.1) is 5.92 Å². The number of ether oxygens (including phenoxy) is 3. The van der Waals surface area contributed by atoms with Crippen molar-refractivity contribution in [3.8, 4) is 17.2 Å². The van der Waals surface area contributed by atoms with Crippen molar-refractivity contribution in [3.05, 3.63) is 47.5 Å². The van der Waals surface area contributed by atoms with Crippen LogP contribution in [0.4, 0.5) is 10.5 Å². The van der Waals surface area contributed by atoms with Gasteiger partial charge in [-0.2, -0.15) is 0 Å². The van der Waals surface area contributed by atoms with Crippen LogP contribution in [0.15, 0.2) is 36.4 Å². The van der Waals surface area contributed by atoms with Gasteiger partial charge in [0.05, 0.1) is 27.4 Å². The SMILES string of the molecule is CCCCCOc1cc(N2CCCN(Cc3ccc(CCN4CC5CCC4CC5)cc3OC)C2=O)ccc1OC. The smallest absolute Gasteiger partial charge is 0.324 e. The Morgan fingerprint density at radius 2 is 1.73 bits per heavy atom.